The molecular weight excluding hydrogens is 262 g/mol. The van der Waals surface area contributed by atoms with Gasteiger partial charge in [0.15, 0.2) is 5.15 Å². The van der Waals surface area contributed by atoms with Gasteiger partial charge in [0.1, 0.15) is 10.5 Å². The molecule has 3 nitrogen and oxygen atoms in total. The van der Waals surface area contributed by atoms with E-state index >= 15 is 0 Å². The lowest BCUT2D eigenvalue weighted by atomic mass is 10.4. The maximum Gasteiger partial charge on any atom is 0.156 e. The van der Waals surface area contributed by atoms with Gasteiger partial charge in [-0.15, -0.1) is 22.7 Å². The van der Waals surface area contributed by atoms with Gasteiger partial charge in [0.05, 0.1) is 14.6 Å². The third-order valence-corrected chi connectivity index (χ3v) is 4.47. The molecule has 0 saturated carbocycles. The molecule has 0 unspecified atom stereocenters. The topological polar surface area (TPSA) is 38.7 Å². The predicted molar refractivity (Wildman–Crippen MR) is 68.3 cm³/mol. The molecule has 0 aliphatic carbocycles. The molecule has 0 aliphatic heterocycles. The first-order valence-corrected chi connectivity index (χ1v) is 6.59. The highest BCUT2D eigenvalue weighted by atomic mass is 35.5. The first-order chi connectivity index (χ1) is 7.74. The van der Waals surface area contributed by atoms with Crippen LogP contribution in [-0.2, 0) is 0 Å². The van der Waals surface area contributed by atoms with E-state index in [4.69, 9.17) is 11.6 Å². The third kappa shape index (κ3) is 1.61. The Morgan fingerprint density at radius 3 is 2.81 bits per heavy atom. The van der Waals surface area contributed by atoms with Crippen molar-refractivity contribution in [3.8, 4) is 9.88 Å². The Bertz CT molecular complexity index is 659. The summed E-state index contributed by atoms with van der Waals surface area (Å²) in [6.07, 6.45) is 3.55. The molecule has 0 aromatic carbocycles. The maximum absolute atomic E-state index is 5.98. The number of halogens is 1. The molecule has 0 amide bonds. The fraction of sp³-hybridized carbons (Fsp3) is 0.100. The van der Waals surface area contributed by atoms with Crippen LogP contribution in [0, 0.1) is 6.92 Å². The fourth-order valence-corrected chi connectivity index (χ4v) is 3.42. The van der Waals surface area contributed by atoms with E-state index in [-0.39, 0.29) is 0 Å². The number of thiazole rings is 2. The molecule has 3 rings (SSSR count). The van der Waals surface area contributed by atoms with Gasteiger partial charge < -0.3 is 0 Å². The molecule has 0 radical (unpaired) electrons. The van der Waals surface area contributed by atoms with Crippen LogP contribution in [-0.4, -0.2) is 15.0 Å². The minimum absolute atomic E-state index is 0.459. The Morgan fingerprint density at radius 2 is 2.12 bits per heavy atom. The number of fused-ring (bicyclic) bond motifs is 1. The van der Waals surface area contributed by atoms with E-state index in [1.807, 2.05) is 19.2 Å². The second kappa shape index (κ2) is 3.76. The summed E-state index contributed by atoms with van der Waals surface area (Å²) in [6, 6.07) is 1.93. The Hall–Kier alpha value is -1.04. The van der Waals surface area contributed by atoms with E-state index in [2.05, 4.69) is 15.0 Å². The first-order valence-electron chi connectivity index (χ1n) is 4.58. The highest BCUT2D eigenvalue weighted by Crippen LogP contribution is 2.34. The number of pyridine rings is 1. The number of hydrogen-bond acceptors (Lipinski definition) is 5. The summed E-state index contributed by atoms with van der Waals surface area (Å²) in [5.74, 6) is 0. The summed E-state index contributed by atoms with van der Waals surface area (Å²) in [5, 5.41) is 2.45. The molecular formula is C10H6ClN3S2. The van der Waals surface area contributed by atoms with Crippen LogP contribution in [0.5, 0.6) is 0 Å². The highest BCUT2D eigenvalue weighted by molar-refractivity contribution is 7.25. The second-order valence-electron chi connectivity index (χ2n) is 3.21. The number of aromatic nitrogens is 3. The minimum Gasteiger partial charge on any atom is -0.249 e. The fourth-order valence-electron chi connectivity index (χ4n) is 1.39. The second-order valence-corrected chi connectivity index (χ2v) is 5.83. The number of nitrogens with zero attached hydrogens (tertiary/aromatic N) is 3. The zero-order valence-electron chi connectivity index (χ0n) is 8.27. The van der Waals surface area contributed by atoms with Gasteiger partial charge in [-0.3, -0.25) is 0 Å². The van der Waals surface area contributed by atoms with E-state index < -0.39 is 0 Å². The molecule has 3 aromatic rings. The number of hydrogen-bond donors (Lipinski definition) is 0. The smallest absolute Gasteiger partial charge is 0.156 e. The van der Waals surface area contributed by atoms with Crippen LogP contribution in [0.15, 0.2) is 18.5 Å². The predicted octanol–water partition coefficient (Wildman–Crippen LogP) is 3.78. The van der Waals surface area contributed by atoms with Crippen LogP contribution >= 0.6 is 34.3 Å². The molecule has 0 N–H and O–H groups in total. The average molecular weight is 268 g/mol. The van der Waals surface area contributed by atoms with E-state index in [1.54, 1.807) is 28.9 Å². The van der Waals surface area contributed by atoms with Crippen molar-refractivity contribution in [2.75, 3.05) is 0 Å². The molecule has 16 heavy (non-hydrogen) atoms. The molecule has 0 aliphatic rings. The van der Waals surface area contributed by atoms with Crippen molar-refractivity contribution in [1.82, 2.24) is 15.0 Å². The van der Waals surface area contributed by atoms with Crippen LogP contribution < -0.4 is 0 Å². The van der Waals surface area contributed by atoms with Crippen LogP contribution in [0.2, 0.25) is 5.15 Å². The van der Waals surface area contributed by atoms with Crippen LogP contribution in [0.25, 0.3) is 20.1 Å². The molecule has 3 aromatic heterocycles. The van der Waals surface area contributed by atoms with Crippen molar-refractivity contribution >= 4 is 44.5 Å². The van der Waals surface area contributed by atoms with E-state index in [9.17, 15) is 0 Å². The summed E-state index contributed by atoms with van der Waals surface area (Å²) in [6.45, 7) is 1.98. The molecule has 0 bridgehead atoms. The van der Waals surface area contributed by atoms with Gasteiger partial charge in [-0.25, -0.2) is 15.0 Å². The quantitative estimate of drug-likeness (QED) is 0.630. The Morgan fingerprint density at radius 1 is 1.25 bits per heavy atom. The van der Waals surface area contributed by atoms with Gasteiger partial charge in [-0.2, -0.15) is 0 Å². The monoisotopic (exact) mass is 267 g/mol. The largest absolute Gasteiger partial charge is 0.249 e. The van der Waals surface area contributed by atoms with Crippen molar-refractivity contribution < 1.29 is 0 Å². The van der Waals surface area contributed by atoms with Crippen LogP contribution in [0.3, 0.4) is 0 Å². The minimum atomic E-state index is 0.459. The van der Waals surface area contributed by atoms with Gasteiger partial charge in [0, 0.05) is 12.4 Å². The zero-order chi connectivity index (χ0) is 11.1. The molecule has 0 saturated heterocycles. The summed E-state index contributed by atoms with van der Waals surface area (Å²) >= 11 is 9.23. The van der Waals surface area contributed by atoms with Gasteiger partial charge in [0.25, 0.3) is 0 Å². The summed E-state index contributed by atoms with van der Waals surface area (Å²) in [5.41, 5.74) is 0.773. The Kier molecular flexibility index (Phi) is 2.38. The molecule has 80 valence electrons. The highest BCUT2D eigenvalue weighted by Gasteiger charge is 2.11. The van der Waals surface area contributed by atoms with E-state index in [1.165, 1.54) is 0 Å². The number of aryl methyl sites for hydroxylation is 1. The maximum atomic E-state index is 5.98. The zero-order valence-corrected chi connectivity index (χ0v) is 10.7. The van der Waals surface area contributed by atoms with Gasteiger partial charge in [0.2, 0.25) is 0 Å². The van der Waals surface area contributed by atoms with Crippen molar-refractivity contribution in [1.29, 1.82) is 0 Å². The summed E-state index contributed by atoms with van der Waals surface area (Å²) < 4.78 is 1.06. The lowest BCUT2D eigenvalue weighted by Gasteiger charge is -1.87. The van der Waals surface area contributed by atoms with Gasteiger partial charge in [-0.05, 0) is 13.0 Å². The van der Waals surface area contributed by atoms with E-state index in [0.29, 0.717) is 5.15 Å². The van der Waals surface area contributed by atoms with E-state index in [0.717, 1.165) is 25.1 Å². The normalized spacial score (nSPS) is 11.1. The standard InChI is InChI=1S/C10H6ClN3S2/c1-5-13-4-7(15-5)10-14-8-6(16-10)2-3-12-9(8)11/h2-4H,1H3. The van der Waals surface area contributed by atoms with Crippen LogP contribution in [0.1, 0.15) is 5.01 Å². The van der Waals surface area contributed by atoms with Crippen molar-refractivity contribution in [2.24, 2.45) is 0 Å². The SMILES string of the molecule is Cc1ncc(-c2nc3c(Cl)nccc3s2)s1. The van der Waals surface area contributed by atoms with Crippen LogP contribution in [0.4, 0.5) is 0 Å². The van der Waals surface area contributed by atoms with Gasteiger partial charge in [-0.1, -0.05) is 11.6 Å². The molecule has 0 spiro atoms. The summed E-state index contributed by atoms with van der Waals surface area (Å²) in [7, 11) is 0. The Labute approximate surface area is 105 Å². The molecule has 3 heterocycles. The van der Waals surface area contributed by atoms with Gasteiger partial charge >= 0.3 is 0 Å². The lowest BCUT2D eigenvalue weighted by Crippen LogP contribution is -1.75. The molecule has 6 heteroatoms. The average Bonchev–Trinajstić information content (AvgIpc) is 2.84. The lowest BCUT2D eigenvalue weighted by molar-refractivity contribution is 1.30. The van der Waals surface area contributed by atoms with Crippen molar-refractivity contribution in [3.63, 3.8) is 0 Å². The third-order valence-electron chi connectivity index (χ3n) is 2.09. The van der Waals surface area contributed by atoms with Crippen molar-refractivity contribution in [3.05, 3.63) is 28.6 Å². The number of rotatable bonds is 1. The van der Waals surface area contributed by atoms with Crippen molar-refractivity contribution in [2.45, 2.75) is 6.92 Å². The molecule has 0 atom stereocenters. The first kappa shape index (κ1) is 10.1. The Balaban J connectivity index is 2.22. The summed E-state index contributed by atoms with van der Waals surface area (Å²) in [4.78, 5) is 13.8. The molecule has 0 fully saturated rings.